The number of carboxylic acid groups (broad SMARTS) is 2. The first-order valence-electron chi connectivity index (χ1n) is 17.9. The maximum absolute atomic E-state index is 13.7. The molecule has 0 radical (unpaired) electrons. The third-order valence-electron chi connectivity index (χ3n) is 8.11. The number of allylic oxidation sites excluding steroid dienone is 1. The van der Waals surface area contributed by atoms with Gasteiger partial charge in [-0.1, -0.05) is 75.7 Å². The number of unbranched alkanes of at least 4 members (excludes halogenated alkanes) is 8. The van der Waals surface area contributed by atoms with Crippen molar-refractivity contribution < 1.29 is 58.3 Å². The van der Waals surface area contributed by atoms with Crippen LogP contribution in [0.5, 0.6) is 5.75 Å². The number of benzene rings is 1. The van der Waals surface area contributed by atoms with Crippen LogP contribution < -0.4 is 10.1 Å². The van der Waals surface area contributed by atoms with Crippen molar-refractivity contribution in [3.05, 3.63) is 42.0 Å². The molecule has 0 fully saturated rings. The van der Waals surface area contributed by atoms with Crippen LogP contribution in [0.2, 0.25) is 0 Å². The van der Waals surface area contributed by atoms with Crippen LogP contribution in [0.15, 0.2) is 36.4 Å². The van der Waals surface area contributed by atoms with Gasteiger partial charge < -0.3 is 34.8 Å². The SMILES string of the molecule is CC#CCOc1ccc(C[C@H](NC(=O)[C@@H](C=CCCCCCCC(=O)CCCCCCC)[C@@](O)(CC(=O)O)C(=O)OC(C)OC(C)=O)C(=O)O)cc1. The molecule has 1 rings (SSSR count). The zero-order valence-corrected chi connectivity index (χ0v) is 30.8. The summed E-state index contributed by atoms with van der Waals surface area (Å²) in [6.07, 6.45) is 9.49. The lowest BCUT2D eigenvalue weighted by molar-refractivity contribution is -0.203. The quantitative estimate of drug-likeness (QED) is 0.0300. The number of carboxylic acids is 2. The molecule has 13 heteroatoms. The van der Waals surface area contributed by atoms with Gasteiger partial charge >= 0.3 is 23.9 Å². The molecule has 0 spiro atoms. The molecule has 288 valence electrons. The van der Waals surface area contributed by atoms with E-state index in [4.69, 9.17) is 14.2 Å². The smallest absolute Gasteiger partial charge is 0.342 e. The predicted molar refractivity (Wildman–Crippen MR) is 192 cm³/mol. The maximum atomic E-state index is 13.7. The van der Waals surface area contributed by atoms with Crippen LogP contribution in [0.1, 0.15) is 117 Å². The number of Topliss-reactive ketones (excluding diaryl/α,β-unsaturated/α-hetero) is 1. The van der Waals surface area contributed by atoms with Crippen LogP contribution in [-0.2, 0) is 44.7 Å². The third-order valence-corrected chi connectivity index (χ3v) is 8.11. The van der Waals surface area contributed by atoms with E-state index in [9.17, 15) is 44.1 Å². The van der Waals surface area contributed by atoms with Crippen molar-refractivity contribution in [2.24, 2.45) is 5.92 Å². The van der Waals surface area contributed by atoms with Crippen molar-refractivity contribution in [1.29, 1.82) is 0 Å². The minimum absolute atomic E-state index is 0.167. The molecule has 0 saturated heterocycles. The van der Waals surface area contributed by atoms with E-state index in [2.05, 4.69) is 24.1 Å². The Hall–Kier alpha value is -4.70. The summed E-state index contributed by atoms with van der Waals surface area (Å²) in [4.78, 5) is 74.6. The highest BCUT2D eigenvalue weighted by molar-refractivity contribution is 5.95. The average molecular weight is 730 g/mol. The van der Waals surface area contributed by atoms with Gasteiger partial charge in [0, 0.05) is 33.1 Å². The number of hydrogen-bond donors (Lipinski definition) is 4. The minimum Gasteiger partial charge on any atom is -0.481 e. The highest BCUT2D eigenvalue weighted by Gasteiger charge is 2.51. The van der Waals surface area contributed by atoms with Crippen molar-refractivity contribution >= 4 is 35.6 Å². The van der Waals surface area contributed by atoms with Gasteiger partial charge in [-0.15, -0.1) is 5.92 Å². The van der Waals surface area contributed by atoms with Crippen LogP contribution in [0.4, 0.5) is 0 Å². The zero-order valence-electron chi connectivity index (χ0n) is 30.8. The second kappa shape index (κ2) is 25.3. The molecule has 0 bridgehead atoms. The number of carbonyl (C=O) groups excluding carboxylic acids is 4. The summed E-state index contributed by atoms with van der Waals surface area (Å²) in [6.45, 7) is 6.20. The summed E-state index contributed by atoms with van der Waals surface area (Å²) in [5.74, 6) is -2.29. The van der Waals surface area contributed by atoms with Crippen molar-refractivity contribution in [3.63, 3.8) is 0 Å². The van der Waals surface area contributed by atoms with E-state index >= 15 is 0 Å². The number of nitrogens with one attached hydrogen (secondary N) is 1. The Morgan fingerprint density at radius 1 is 0.904 bits per heavy atom. The van der Waals surface area contributed by atoms with Gasteiger partial charge in [-0.25, -0.2) is 9.59 Å². The molecule has 4 N–H and O–H groups in total. The van der Waals surface area contributed by atoms with Gasteiger partial charge in [-0.2, -0.15) is 0 Å². The molecule has 52 heavy (non-hydrogen) atoms. The molecule has 1 amide bonds. The van der Waals surface area contributed by atoms with Gasteiger partial charge in [0.05, 0.1) is 12.3 Å². The van der Waals surface area contributed by atoms with Gasteiger partial charge in [-0.3, -0.25) is 19.2 Å². The number of ether oxygens (including phenoxy) is 3. The number of aliphatic carboxylic acids is 2. The van der Waals surface area contributed by atoms with Crippen molar-refractivity contribution in [2.45, 2.75) is 136 Å². The van der Waals surface area contributed by atoms with Gasteiger partial charge in [-0.05, 0) is 50.3 Å². The fourth-order valence-electron chi connectivity index (χ4n) is 5.35. The molecule has 0 saturated carbocycles. The maximum Gasteiger partial charge on any atom is 0.342 e. The van der Waals surface area contributed by atoms with Crippen LogP contribution in [0.25, 0.3) is 0 Å². The lowest BCUT2D eigenvalue weighted by Gasteiger charge is -2.32. The second-order valence-electron chi connectivity index (χ2n) is 12.6. The van der Waals surface area contributed by atoms with Crippen LogP contribution in [0.3, 0.4) is 0 Å². The average Bonchev–Trinajstić information content (AvgIpc) is 3.07. The Labute approximate surface area is 306 Å². The summed E-state index contributed by atoms with van der Waals surface area (Å²) < 4.78 is 15.3. The first-order valence-corrected chi connectivity index (χ1v) is 17.9. The molecule has 4 atom stereocenters. The largest absolute Gasteiger partial charge is 0.481 e. The minimum atomic E-state index is -3.01. The Morgan fingerprint density at radius 2 is 1.52 bits per heavy atom. The van der Waals surface area contributed by atoms with Gasteiger partial charge in [0.1, 0.15) is 24.2 Å². The second-order valence-corrected chi connectivity index (χ2v) is 12.6. The number of amides is 1. The van der Waals surface area contributed by atoms with Gasteiger partial charge in [0.25, 0.3) is 0 Å². The normalized spacial score (nSPS) is 13.8. The fourth-order valence-corrected chi connectivity index (χ4v) is 5.35. The molecular formula is C39H55NO12. The first kappa shape index (κ1) is 45.3. The molecule has 0 aromatic heterocycles. The molecule has 1 aromatic carbocycles. The van der Waals surface area contributed by atoms with Crippen LogP contribution >= 0.6 is 0 Å². The van der Waals surface area contributed by atoms with Crippen LogP contribution in [0, 0.1) is 17.8 Å². The highest BCUT2D eigenvalue weighted by atomic mass is 16.7. The van der Waals surface area contributed by atoms with Gasteiger partial charge in [0.2, 0.25) is 12.2 Å². The topological polar surface area (TPSA) is 203 Å². The summed E-state index contributed by atoms with van der Waals surface area (Å²) in [6, 6.07) is 4.89. The monoisotopic (exact) mass is 729 g/mol. The zero-order chi connectivity index (χ0) is 38.9. The molecule has 0 aliphatic rings. The van der Waals surface area contributed by atoms with Crippen molar-refractivity contribution in [1.82, 2.24) is 5.32 Å². The number of aliphatic hydroxyl groups is 1. The number of ketones is 1. The molecule has 0 heterocycles. The first-order chi connectivity index (χ1) is 24.7. The fraction of sp³-hybridized carbons (Fsp3) is 0.590. The highest BCUT2D eigenvalue weighted by Crippen LogP contribution is 2.28. The van der Waals surface area contributed by atoms with Crippen molar-refractivity contribution in [2.75, 3.05) is 6.61 Å². The molecule has 1 aromatic rings. The van der Waals surface area contributed by atoms with E-state index in [0.29, 0.717) is 37.0 Å². The number of esters is 2. The summed E-state index contributed by atoms with van der Waals surface area (Å²) in [7, 11) is 0. The predicted octanol–water partition coefficient (Wildman–Crippen LogP) is 5.30. The standard InChI is InChI=1S/C39H55NO12/c1-5-7-9-12-15-18-31(42)19-16-13-10-11-14-17-20-33(39(49,27-35(43)44)38(48)52-29(4)51-28(3)41)36(45)40-34(37(46)47)26-30-21-23-32(24-22-30)50-25-8-6-2/h17,20-24,29,33-34,49H,5,7,9-16,18-19,25-27H2,1-4H3,(H,40,45)(H,43,44)(H,46,47)/t29?,33-,34+,39+/m1/s1. The van der Waals surface area contributed by atoms with E-state index < -0.39 is 60.1 Å². The van der Waals surface area contributed by atoms with Crippen LogP contribution in [-0.4, -0.2) is 75.4 Å². The lowest BCUT2D eigenvalue weighted by atomic mass is 9.82. The molecule has 1 unspecified atom stereocenters. The van der Waals surface area contributed by atoms with E-state index in [1.54, 1.807) is 31.2 Å². The van der Waals surface area contributed by atoms with E-state index in [1.165, 1.54) is 19.4 Å². The van der Waals surface area contributed by atoms with E-state index in [-0.39, 0.29) is 18.8 Å². The Balaban J connectivity index is 3.10. The third kappa shape index (κ3) is 18.5. The molecule has 0 aliphatic carbocycles. The van der Waals surface area contributed by atoms with Crippen molar-refractivity contribution in [3.8, 4) is 17.6 Å². The Morgan fingerprint density at radius 3 is 2.08 bits per heavy atom. The molecular weight excluding hydrogens is 674 g/mol. The summed E-state index contributed by atoms with van der Waals surface area (Å²) >= 11 is 0. The Kier molecular flexibility index (Phi) is 22.0. The van der Waals surface area contributed by atoms with E-state index in [0.717, 1.165) is 57.9 Å². The Bertz CT molecular complexity index is 1390. The molecule has 13 nitrogen and oxygen atoms in total. The number of hydrogen-bond acceptors (Lipinski definition) is 10. The summed E-state index contributed by atoms with van der Waals surface area (Å²) in [5, 5.41) is 33.5. The van der Waals surface area contributed by atoms with E-state index in [1.807, 2.05) is 0 Å². The molecule has 0 aliphatic heterocycles. The lowest BCUT2D eigenvalue weighted by Crippen LogP contribution is -2.56. The number of carbonyl (C=O) groups is 6. The summed E-state index contributed by atoms with van der Waals surface area (Å²) in [5.41, 5.74) is -2.50. The number of rotatable bonds is 27. The van der Waals surface area contributed by atoms with Gasteiger partial charge in [0.15, 0.2) is 5.60 Å².